The van der Waals surface area contributed by atoms with Gasteiger partial charge in [0.05, 0.1) is 12.2 Å². The van der Waals surface area contributed by atoms with E-state index in [0.717, 1.165) is 62.3 Å². The van der Waals surface area contributed by atoms with Crippen molar-refractivity contribution in [3.63, 3.8) is 0 Å². The monoisotopic (exact) mass is 574 g/mol. The van der Waals surface area contributed by atoms with Gasteiger partial charge in [-0.05, 0) is 106 Å². The highest BCUT2D eigenvalue weighted by Crippen LogP contribution is 2.58. The van der Waals surface area contributed by atoms with Gasteiger partial charge < -0.3 is 19.4 Å². The summed E-state index contributed by atoms with van der Waals surface area (Å²) < 4.78 is 14.0. The van der Waals surface area contributed by atoms with Crippen molar-refractivity contribution in [1.82, 2.24) is 9.88 Å². The minimum atomic E-state index is -0.0423. The summed E-state index contributed by atoms with van der Waals surface area (Å²) in [6.07, 6.45) is 13.8. The molecule has 3 saturated carbocycles. The Labute approximate surface area is 251 Å². The highest BCUT2D eigenvalue weighted by atomic mass is 16.5. The van der Waals surface area contributed by atoms with Crippen LogP contribution in [0.2, 0.25) is 0 Å². The average molecular weight is 575 g/mol. The molecule has 1 aromatic heterocycles. The summed E-state index contributed by atoms with van der Waals surface area (Å²) in [6, 6.07) is 6.93. The Hall–Kier alpha value is -2.76. The number of nitrogens with one attached hydrogen (secondary N) is 1. The molecular weight excluding hydrogens is 524 g/mol. The van der Waals surface area contributed by atoms with Crippen LogP contribution in [0.4, 0.5) is 0 Å². The first-order chi connectivity index (χ1) is 20.2. The molecule has 228 valence electrons. The fraction of sp³-hybridized carbons (Fsp3) is 0.667. The summed E-state index contributed by atoms with van der Waals surface area (Å²) in [4.78, 5) is 24.4. The third kappa shape index (κ3) is 5.88. The van der Waals surface area contributed by atoms with E-state index < -0.39 is 0 Å². The van der Waals surface area contributed by atoms with Crippen LogP contribution in [0.5, 0.6) is 5.75 Å². The number of nitrogens with zero attached hydrogens (tertiary/aromatic N) is 1. The Bertz CT molecular complexity index is 1280. The quantitative estimate of drug-likeness (QED) is 0.329. The molecule has 3 fully saturated rings. The Morgan fingerprint density at radius 3 is 2.43 bits per heavy atom. The third-order valence-electron chi connectivity index (χ3n) is 10.8. The summed E-state index contributed by atoms with van der Waals surface area (Å²) in [5.41, 5.74) is 7.17. The number of aromatic nitrogens is 1. The molecule has 1 aliphatic heterocycles. The Kier molecular flexibility index (Phi) is 8.19. The van der Waals surface area contributed by atoms with E-state index in [1.54, 1.807) is 0 Å². The molecule has 2 heterocycles. The molecule has 0 saturated heterocycles. The lowest BCUT2D eigenvalue weighted by Gasteiger charge is -2.33. The summed E-state index contributed by atoms with van der Waals surface area (Å²) in [5.74, 6) is 2.22. The van der Waals surface area contributed by atoms with Crippen molar-refractivity contribution < 1.29 is 19.1 Å². The fourth-order valence-electron chi connectivity index (χ4n) is 7.90. The zero-order chi connectivity index (χ0) is 29.5. The van der Waals surface area contributed by atoms with Gasteiger partial charge in [0.15, 0.2) is 0 Å². The normalized spacial score (nSPS) is 23.6. The van der Waals surface area contributed by atoms with Gasteiger partial charge in [-0.1, -0.05) is 40.0 Å². The number of fused-ring (bicyclic) bond motifs is 2. The number of hydrogen-bond acceptors (Lipinski definition) is 4. The van der Waals surface area contributed by atoms with Crippen LogP contribution in [-0.2, 0) is 26.9 Å². The van der Waals surface area contributed by atoms with Crippen molar-refractivity contribution in [2.75, 3.05) is 13.2 Å². The molecule has 2 aromatic rings. The highest BCUT2D eigenvalue weighted by Gasteiger charge is 2.49. The molecule has 3 aliphatic carbocycles. The molecule has 6 rings (SSSR count). The smallest absolute Gasteiger partial charge is 0.293 e. The van der Waals surface area contributed by atoms with Gasteiger partial charge >= 0.3 is 0 Å². The van der Waals surface area contributed by atoms with Crippen LogP contribution < -0.4 is 10.1 Å². The van der Waals surface area contributed by atoms with Crippen molar-refractivity contribution in [1.29, 1.82) is 0 Å². The number of hydrogen-bond donors (Lipinski definition) is 1. The molecule has 4 aliphatic rings. The molecule has 42 heavy (non-hydrogen) atoms. The number of amides is 1. The lowest BCUT2D eigenvalue weighted by Crippen LogP contribution is -2.32. The number of benzene rings is 1. The number of carbonyl (C=O) groups is 2. The second-order valence-corrected chi connectivity index (χ2v) is 14.8. The minimum absolute atomic E-state index is 0.0263. The van der Waals surface area contributed by atoms with Crippen LogP contribution >= 0.6 is 0 Å². The lowest BCUT2D eigenvalue weighted by atomic mass is 9.79. The summed E-state index contributed by atoms with van der Waals surface area (Å²) in [6.45, 7) is 12.0. The Morgan fingerprint density at radius 2 is 1.76 bits per heavy atom. The van der Waals surface area contributed by atoms with E-state index in [2.05, 4.69) is 55.8 Å². The van der Waals surface area contributed by atoms with Gasteiger partial charge in [-0.25, -0.2) is 0 Å². The Balaban J connectivity index is 1.32. The van der Waals surface area contributed by atoms with Gasteiger partial charge in [-0.15, -0.1) is 0 Å². The maximum atomic E-state index is 13.7. The topological polar surface area (TPSA) is 69.6 Å². The molecule has 0 unspecified atom stereocenters. The van der Waals surface area contributed by atoms with Crippen LogP contribution in [0.1, 0.15) is 125 Å². The molecule has 0 atom stereocenters. The lowest BCUT2D eigenvalue weighted by molar-refractivity contribution is -0.135. The molecular formula is C36H50N2O4. The summed E-state index contributed by atoms with van der Waals surface area (Å²) in [7, 11) is 0. The molecule has 6 nitrogen and oxygen atoms in total. The highest BCUT2D eigenvalue weighted by molar-refractivity contribution is 5.97. The van der Waals surface area contributed by atoms with E-state index in [0.29, 0.717) is 24.9 Å². The summed E-state index contributed by atoms with van der Waals surface area (Å²) in [5, 5.41) is 3.28. The van der Waals surface area contributed by atoms with Crippen LogP contribution in [-0.4, -0.2) is 36.2 Å². The first-order valence-corrected chi connectivity index (χ1v) is 16.6. The van der Waals surface area contributed by atoms with Crippen LogP contribution in [0.3, 0.4) is 0 Å². The fourth-order valence-corrected chi connectivity index (χ4v) is 7.90. The van der Waals surface area contributed by atoms with E-state index in [1.165, 1.54) is 67.3 Å². The largest absolute Gasteiger partial charge is 0.493 e. The predicted octanol–water partition coefficient (Wildman–Crippen LogP) is 7.62. The molecule has 1 N–H and O–H groups in total. The van der Waals surface area contributed by atoms with Gasteiger partial charge in [0.1, 0.15) is 11.9 Å². The van der Waals surface area contributed by atoms with Crippen molar-refractivity contribution in [3.8, 4) is 17.0 Å². The van der Waals surface area contributed by atoms with Crippen molar-refractivity contribution in [3.05, 3.63) is 40.6 Å². The average Bonchev–Trinajstić information content (AvgIpc) is 3.68. The first-order valence-electron chi connectivity index (χ1n) is 16.6. The second kappa shape index (κ2) is 11.7. The molecule has 1 spiro atoms. The van der Waals surface area contributed by atoms with Crippen molar-refractivity contribution in [2.45, 2.75) is 128 Å². The first kappa shape index (κ1) is 29.3. The zero-order valence-electron chi connectivity index (χ0n) is 26.2. The molecule has 1 amide bonds. The van der Waals surface area contributed by atoms with E-state index in [9.17, 15) is 9.59 Å². The van der Waals surface area contributed by atoms with Crippen LogP contribution in [0.25, 0.3) is 11.3 Å². The summed E-state index contributed by atoms with van der Waals surface area (Å²) >= 11 is 0. The number of rotatable bonds is 8. The minimum Gasteiger partial charge on any atom is -0.493 e. The Morgan fingerprint density at radius 1 is 1.02 bits per heavy atom. The van der Waals surface area contributed by atoms with Gasteiger partial charge in [-0.3, -0.25) is 9.59 Å². The van der Waals surface area contributed by atoms with Gasteiger partial charge in [0.2, 0.25) is 0 Å². The molecule has 0 bridgehead atoms. The second-order valence-electron chi connectivity index (χ2n) is 14.8. The SMILES string of the molecule is Cc1c(C(=O)NC[C@H]2CC[C@H](OC=O)CC2)cc(-c2cc(C(C)(C)C)c3c(c2)C2(CCO3)CC2)n1CC1CCCCC1. The third-order valence-corrected chi connectivity index (χ3v) is 10.8. The molecule has 1 aromatic carbocycles. The van der Waals surface area contributed by atoms with Crippen LogP contribution in [0.15, 0.2) is 18.2 Å². The number of carbonyl (C=O) groups excluding carboxylic acids is 2. The standard InChI is InChI=1S/C36H50N2O4/c1-24-29(34(40)37-21-25-10-12-28(13-11-25)42-23-39)20-32(38(24)22-26-8-6-5-7-9-26)27-18-30(35(2,3)4)33-31(19-27)36(14-15-36)16-17-41-33/h18-20,23,25-26,28H,5-17,21-22H2,1-4H3,(H,37,40)/t25-,28-. The van der Waals surface area contributed by atoms with Crippen molar-refractivity contribution >= 4 is 12.4 Å². The van der Waals surface area contributed by atoms with Gasteiger partial charge in [-0.2, -0.15) is 0 Å². The maximum Gasteiger partial charge on any atom is 0.293 e. The number of ether oxygens (including phenoxy) is 2. The molecule has 6 heteroatoms. The van der Waals surface area contributed by atoms with E-state index in [-0.39, 0.29) is 22.8 Å². The van der Waals surface area contributed by atoms with Gasteiger partial charge in [0, 0.05) is 41.0 Å². The predicted molar refractivity (Wildman–Crippen MR) is 166 cm³/mol. The van der Waals surface area contributed by atoms with Crippen LogP contribution in [0, 0.1) is 18.8 Å². The zero-order valence-corrected chi connectivity index (χ0v) is 26.2. The van der Waals surface area contributed by atoms with E-state index in [4.69, 9.17) is 9.47 Å². The van der Waals surface area contributed by atoms with Crippen molar-refractivity contribution in [2.24, 2.45) is 11.8 Å². The van der Waals surface area contributed by atoms with E-state index >= 15 is 0 Å². The van der Waals surface area contributed by atoms with Gasteiger partial charge in [0.25, 0.3) is 12.4 Å². The molecule has 0 radical (unpaired) electrons. The maximum absolute atomic E-state index is 13.7. The van der Waals surface area contributed by atoms with E-state index in [1.807, 2.05) is 0 Å².